The fourth-order valence-electron chi connectivity index (χ4n) is 4.08. The maximum atomic E-state index is 13.5. The van der Waals surface area contributed by atoms with Crippen LogP contribution in [0.4, 0.5) is 5.69 Å². The zero-order valence-electron chi connectivity index (χ0n) is 18.4. The summed E-state index contributed by atoms with van der Waals surface area (Å²) in [6.45, 7) is 2.53. The first-order valence-corrected chi connectivity index (χ1v) is 10.5. The molecule has 2 heterocycles. The summed E-state index contributed by atoms with van der Waals surface area (Å²) >= 11 is 0. The molecule has 0 bridgehead atoms. The first-order chi connectivity index (χ1) is 15.5. The van der Waals surface area contributed by atoms with Gasteiger partial charge in [-0.05, 0) is 67.8 Å². The molecular weight excluding hydrogens is 408 g/mol. The number of hydrogen-bond acceptors (Lipinski definition) is 5. The minimum absolute atomic E-state index is 0.0918. The van der Waals surface area contributed by atoms with E-state index in [1.54, 1.807) is 38.5 Å². The highest BCUT2D eigenvalue weighted by Gasteiger charge is 2.33. The fraction of sp³-hybridized carbons (Fsp3) is 0.280. The van der Waals surface area contributed by atoms with Gasteiger partial charge in [0.05, 0.1) is 26.5 Å². The third-order valence-corrected chi connectivity index (χ3v) is 5.79. The number of methoxy groups -OCH3 is 2. The lowest BCUT2D eigenvalue weighted by Gasteiger charge is -2.27. The molecule has 1 N–H and O–H groups in total. The Hall–Kier alpha value is -3.74. The second kappa shape index (κ2) is 9.18. The standard InChI is InChI=1S/C25H26N2O5/c1-16-8-9-17(14-20(16)26-24(28)23-7-5-13-32-23)25(29)27-12-4-6-21(27)19-15-18(30-2)10-11-22(19)31-3/h5,7-11,13-15,21H,4,6,12H2,1-3H3,(H,26,28)/t21-/m0/s1. The van der Waals surface area contributed by atoms with Crippen LogP contribution in [-0.2, 0) is 0 Å². The second-order valence-corrected chi connectivity index (χ2v) is 7.73. The number of aryl methyl sites for hydroxylation is 1. The molecule has 32 heavy (non-hydrogen) atoms. The van der Waals surface area contributed by atoms with Gasteiger partial charge in [-0.3, -0.25) is 9.59 Å². The quantitative estimate of drug-likeness (QED) is 0.601. The number of carbonyl (C=O) groups is 2. The summed E-state index contributed by atoms with van der Waals surface area (Å²) in [7, 11) is 3.24. The van der Waals surface area contributed by atoms with E-state index < -0.39 is 0 Å². The topological polar surface area (TPSA) is 81.0 Å². The van der Waals surface area contributed by atoms with Gasteiger partial charge in [0.1, 0.15) is 11.5 Å². The molecule has 7 nitrogen and oxygen atoms in total. The first-order valence-electron chi connectivity index (χ1n) is 10.5. The molecule has 7 heteroatoms. The Labute approximate surface area is 186 Å². The van der Waals surface area contributed by atoms with Gasteiger partial charge in [0, 0.05) is 23.4 Å². The van der Waals surface area contributed by atoms with Crippen LogP contribution in [-0.4, -0.2) is 37.5 Å². The number of rotatable bonds is 6. The molecule has 0 unspecified atom stereocenters. The van der Waals surface area contributed by atoms with Crippen molar-refractivity contribution in [3.63, 3.8) is 0 Å². The van der Waals surface area contributed by atoms with Gasteiger partial charge in [-0.1, -0.05) is 6.07 Å². The van der Waals surface area contributed by atoms with Crippen LogP contribution < -0.4 is 14.8 Å². The summed E-state index contributed by atoms with van der Waals surface area (Å²) in [6, 6.07) is 14.1. The maximum absolute atomic E-state index is 13.5. The third kappa shape index (κ3) is 4.19. The van der Waals surface area contributed by atoms with Crippen molar-refractivity contribution >= 4 is 17.5 Å². The normalized spacial score (nSPS) is 15.5. The molecular formula is C25H26N2O5. The third-order valence-electron chi connectivity index (χ3n) is 5.79. The molecule has 0 spiro atoms. The molecule has 0 aliphatic carbocycles. The zero-order chi connectivity index (χ0) is 22.7. The molecule has 2 amide bonds. The van der Waals surface area contributed by atoms with Gasteiger partial charge in [0.15, 0.2) is 5.76 Å². The van der Waals surface area contributed by atoms with Gasteiger partial charge in [0.2, 0.25) is 0 Å². The number of nitrogens with zero attached hydrogens (tertiary/aromatic N) is 1. The summed E-state index contributed by atoms with van der Waals surface area (Å²) in [4.78, 5) is 27.8. The molecule has 0 radical (unpaired) electrons. The number of benzene rings is 2. The van der Waals surface area contributed by atoms with E-state index in [1.807, 2.05) is 36.1 Å². The molecule has 1 saturated heterocycles. The van der Waals surface area contributed by atoms with E-state index in [-0.39, 0.29) is 23.6 Å². The second-order valence-electron chi connectivity index (χ2n) is 7.73. The van der Waals surface area contributed by atoms with Gasteiger partial charge in [-0.25, -0.2) is 0 Å². The number of carbonyl (C=O) groups excluding carboxylic acids is 2. The van der Waals surface area contributed by atoms with Crippen LogP contribution in [0.3, 0.4) is 0 Å². The van der Waals surface area contributed by atoms with Crippen molar-refractivity contribution in [2.24, 2.45) is 0 Å². The van der Waals surface area contributed by atoms with Crippen LogP contribution in [0.1, 0.15) is 50.9 Å². The number of likely N-dealkylation sites (tertiary alicyclic amines) is 1. The lowest BCUT2D eigenvalue weighted by atomic mass is 10.0. The van der Waals surface area contributed by atoms with Crippen molar-refractivity contribution in [2.75, 3.05) is 26.1 Å². The number of amides is 2. The highest BCUT2D eigenvalue weighted by molar-refractivity contribution is 6.04. The van der Waals surface area contributed by atoms with Crippen molar-refractivity contribution in [3.8, 4) is 11.5 Å². The average molecular weight is 434 g/mol. The molecule has 1 aromatic heterocycles. The molecule has 4 rings (SSSR count). The Morgan fingerprint density at radius 1 is 1.09 bits per heavy atom. The van der Waals surface area contributed by atoms with Crippen LogP contribution in [0.25, 0.3) is 0 Å². The van der Waals surface area contributed by atoms with E-state index in [0.29, 0.717) is 17.8 Å². The molecule has 166 valence electrons. The van der Waals surface area contributed by atoms with E-state index in [9.17, 15) is 9.59 Å². The van der Waals surface area contributed by atoms with Gasteiger partial charge in [-0.15, -0.1) is 0 Å². The Bertz CT molecular complexity index is 1120. The van der Waals surface area contributed by atoms with E-state index >= 15 is 0 Å². The van der Waals surface area contributed by atoms with Crippen molar-refractivity contribution in [1.29, 1.82) is 0 Å². The van der Waals surface area contributed by atoms with Gasteiger partial charge >= 0.3 is 0 Å². The fourth-order valence-corrected chi connectivity index (χ4v) is 4.08. The first kappa shape index (κ1) is 21.5. The predicted octanol–water partition coefficient (Wildman–Crippen LogP) is 4.83. The molecule has 1 atom stereocenters. The number of furan rings is 1. The predicted molar refractivity (Wildman–Crippen MR) is 120 cm³/mol. The summed E-state index contributed by atoms with van der Waals surface area (Å²) in [5.41, 5.74) is 2.87. The lowest BCUT2D eigenvalue weighted by Crippen LogP contribution is -2.31. The molecule has 1 aliphatic rings. The van der Waals surface area contributed by atoms with Gasteiger partial charge in [-0.2, -0.15) is 0 Å². The number of hydrogen-bond donors (Lipinski definition) is 1. The van der Waals surface area contributed by atoms with Crippen molar-refractivity contribution < 1.29 is 23.5 Å². The summed E-state index contributed by atoms with van der Waals surface area (Å²) < 4.78 is 16.1. The maximum Gasteiger partial charge on any atom is 0.291 e. The Kier molecular flexibility index (Phi) is 6.16. The monoisotopic (exact) mass is 434 g/mol. The molecule has 3 aromatic rings. The lowest BCUT2D eigenvalue weighted by molar-refractivity contribution is 0.0733. The SMILES string of the molecule is COc1ccc(OC)c([C@@H]2CCCN2C(=O)c2ccc(C)c(NC(=O)c3ccco3)c2)c1. The van der Waals surface area contributed by atoms with Crippen molar-refractivity contribution in [1.82, 2.24) is 4.90 Å². The smallest absolute Gasteiger partial charge is 0.291 e. The average Bonchev–Trinajstić information content (AvgIpc) is 3.52. The Morgan fingerprint density at radius 2 is 1.94 bits per heavy atom. The van der Waals surface area contributed by atoms with E-state index in [4.69, 9.17) is 13.9 Å². The van der Waals surface area contributed by atoms with Crippen LogP contribution in [0.15, 0.2) is 59.2 Å². The van der Waals surface area contributed by atoms with Crippen LogP contribution >= 0.6 is 0 Å². The van der Waals surface area contributed by atoms with Crippen LogP contribution in [0, 0.1) is 6.92 Å². The summed E-state index contributed by atoms with van der Waals surface area (Å²) in [5, 5.41) is 2.83. The molecule has 1 aliphatic heterocycles. The zero-order valence-corrected chi connectivity index (χ0v) is 18.4. The van der Waals surface area contributed by atoms with E-state index in [2.05, 4.69) is 5.32 Å². The molecule has 2 aromatic carbocycles. The Morgan fingerprint density at radius 3 is 2.66 bits per heavy atom. The van der Waals surface area contributed by atoms with Gasteiger partial charge in [0.25, 0.3) is 11.8 Å². The van der Waals surface area contributed by atoms with E-state index in [1.165, 1.54) is 6.26 Å². The van der Waals surface area contributed by atoms with Crippen LogP contribution in [0.5, 0.6) is 11.5 Å². The van der Waals surface area contributed by atoms with Crippen LogP contribution in [0.2, 0.25) is 0 Å². The molecule has 1 fully saturated rings. The largest absolute Gasteiger partial charge is 0.497 e. The van der Waals surface area contributed by atoms with E-state index in [0.717, 1.165) is 35.5 Å². The summed E-state index contributed by atoms with van der Waals surface area (Å²) in [5.74, 6) is 1.21. The minimum atomic E-state index is -0.358. The summed E-state index contributed by atoms with van der Waals surface area (Å²) in [6.07, 6.45) is 3.18. The number of ether oxygens (including phenoxy) is 2. The number of nitrogens with one attached hydrogen (secondary N) is 1. The highest BCUT2D eigenvalue weighted by Crippen LogP contribution is 2.39. The van der Waals surface area contributed by atoms with Crippen molar-refractivity contribution in [2.45, 2.75) is 25.8 Å². The highest BCUT2D eigenvalue weighted by atomic mass is 16.5. The van der Waals surface area contributed by atoms with Crippen molar-refractivity contribution in [3.05, 3.63) is 77.2 Å². The molecule has 0 saturated carbocycles. The minimum Gasteiger partial charge on any atom is -0.497 e. The Balaban J connectivity index is 1.61. The van der Waals surface area contributed by atoms with Gasteiger partial charge < -0.3 is 24.1 Å². The number of anilines is 1.